The highest BCUT2D eigenvalue weighted by Gasteiger charge is 2.40. The summed E-state index contributed by atoms with van der Waals surface area (Å²) in [6.07, 6.45) is -5.09. The third-order valence-corrected chi connectivity index (χ3v) is 6.33. The number of carbonyl (C=O) groups excluding carboxylic acids is 1. The van der Waals surface area contributed by atoms with Crippen molar-refractivity contribution >= 4 is 35.2 Å². The number of aldehydes is 1. The van der Waals surface area contributed by atoms with Gasteiger partial charge in [-0.05, 0) is 32.6 Å². The minimum absolute atomic E-state index is 0.0965. The van der Waals surface area contributed by atoms with Crippen LogP contribution in [-0.2, 0) is 17.5 Å². The summed E-state index contributed by atoms with van der Waals surface area (Å²) >= 11 is 12.2. The first kappa shape index (κ1) is 25.6. The molecule has 2 aromatic rings. The Morgan fingerprint density at radius 1 is 1.21 bits per heavy atom. The molecule has 1 saturated heterocycles. The normalized spacial score (nSPS) is 16.4. The lowest BCUT2D eigenvalue weighted by Crippen LogP contribution is -2.50. The number of benzene rings is 1. The van der Waals surface area contributed by atoms with Crippen molar-refractivity contribution in [3.63, 3.8) is 0 Å². The number of methoxy groups -OCH3 is 1. The highest BCUT2D eigenvalue weighted by molar-refractivity contribution is 6.32. The lowest BCUT2D eigenvalue weighted by molar-refractivity contribution is -0.142. The molecule has 7 nitrogen and oxygen atoms in total. The molecule has 0 N–H and O–H groups in total. The highest BCUT2D eigenvalue weighted by Crippen LogP contribution is 2.37. The van der Waals surface area contributed by atoms with Crippen LogP contribution >= 0.6 is 23.2 Å². The number of piperazine rings is 1. The fourth-order valence-electron chi connectivity index (χ4n) is 3.96. The first-order valence-corrected chi connectivity index (χ1v) is 11.0. The van der Waals surface area contributed by atoms with Crippen molar-refractivity contribution in [1.82, 2.24) is 19.6 Å². The summed E-state index contributed by atoms with van der Waals surface area (Å²) in [5.74, 6) is 0.559. The molecule has 0 aliphatic carbocycles. The van der Waals surface area contributed by atoms with E-state index in [1.54, 1.807) is 12.0 Å². The van der Waals surface area contributed by atoms with Gasteiger partial charge in [-0.1, -0.05) is 23.2 Å². The van der Waals surface area contributed by atoms with Crippen molar-refractivity contribution in [2.45, 2.75) is 25.8 Å². The summed E-state index contributed by atoms with van der Waals surface area (Å²) in [6.45, 7) is 4.07. The molecule has 12 heteroatoms. The summed E-state index contributed by atoms with van der Waals surface area (Å²) in [4.78, 5) is 17.9. The van der Waals surface area contributed by atoms with Crippen molar-refractivity contribution in [2.75, 3.05) is 52.3 Å². The lowest BCUT2D eigenvalue weighted by Gasteiger charge is -2.39. The number of ether oxygens (including phenoxy) is 1. The molecule has 0 spiro atoms. The van der Waals surface area contributed by atoms with Gasteiger partial charge in [0.15, 0.2) is 18.1 Å². The average molecular weight is 508 g/mol. The van der Waals surface area contributed by atoms with Gasteiger partial charge in [-0.3, -0.25) is 9.69 Å². The maximum absolute atomic E-state index is 13.2. The quantitative estimate of drug-likeness (QED) is 0.525. The highest BCUT2D eigenvalue weighted by atomic mass is 35.5. The Morgan fingerprint density at radius 2 is 1.85 bits per heavy atom. The minimum atomic E-state index is -4.70. The van der Waals surface area contributed by atoms with E-state index in [0.29, 0.717) is 49.8 Å². The van der Waals surface area contributed by atoms with Gasteiger partial charge >= 0.3 is 6.18 Å². The van der Waals surface area contributed by atoms with Crippen LogP contribution in [0.25, 0.3) is 0 Å². The predicted octanol–water partition coefficient (Wildman–Crippen LogP) is 4.11. The van der Waals surface area contributed by atoms with Crippen molar-refractivity contribution in [3.05, 3.63) is 39.1 Å². The lowest BCUT2D eigenvalue weighted by atomic mass is 10.1. The van der Waals surface area contributed by atoms with E-state index in [0.717, 1.165) is 15.9 Å². The Labute approximate surface area is 200 Å². The van der Waals surface area contributed by atoms with Crippen LogP contribution in [0.2, 0.25) is 10.0 Å². The Kier molecular flexibility index (Phi) is 7.83. The van der Waals surface area contributed by atoms with E-state index < -0.39 is 23.1 Å². The maximum atomic E-state index is 13.2. The van der Waals surface area contributed by atoms with Gasteiger partial charge < -0.3 is 14.5 Å². The SMILES string of the molecule is COc1cc(N2CCN(C(C=O)n3nc(C(F)(F)F)c(Cl)c3C)CC2)c(CN(C)C)cc1Cl. The zero-order valence-electron chi connectivity index (χ0n) is 18.8. The number of carbonyl (C=O) groups is 1. The molecule has 0 amide bonds. The maximum Gasteiger partial charge on any atom is 0.436 e. The first-order valence-electron chi connectivity index (χ1n) is 10.2. The molecule has 1 aliphatic heterocycles. The second-order valence-electron chi connectivity index (χ2n) is 8.12. The summed E-state index contributed by atoms with van der Waals surface area (Å²) in [5.41, 5.74) is 0.897. The Balaban J connectivity index is 1.83. The van der Waals surface area contributed by atoms with Crippen LogP contribution in [0.3, 0.4) is 0 Å². The molecular formula is C21H26Cl2F3N5O2. The molecule has 1 atom stereocenters. The van der Waals surface area contributed by atoms with Gasteiger partial charge in [-0.2, -0.15) is 18.3 Å². The van der Waals surface area contributed by atoms with E-state index in [9.17, 15) is 18.0 Å². The number of hydrogen-bond donors (Lipinski definition) is 0. The van der Waals surface area contributed by atoms with Gasteiger partial charge in [-0.25, -0.2) is 4.68 Å². The molecule has 1 aromatic heterocycles. The summed E-state index contributed by atoms with van der Waals surface area (Å²) in [6, 6.07) is 3.77. The average Bonchev–Trinajstić information content (AvgIpc) is 3.04. The molecule has 1 aliphatic rings. The van der Waals surface area contributed by atoms with E-state index in [1.165, 1.54) is 6.92 Å². The minimum Gasteiger partial charge on any atom is -0.495 e. The van der Waals surface area contributed by atoms with Crippen LogP contribution in [0, 0.1) is 6.92 Å². The Morgan fingerprint density at radius 3 is 2.33 bits per heavy atom. The summed E-state index contributed by atoms with van der Waals surface area (Å²) in [7, 11) is 5.47. The van der Waals surface area contributed by atoms with Crippen LogP contribution in [0.5, 0.6) is 5.75 Å². The van der Waals surface area contributed by atoms with Crippen molar-refractivity contribution in [3.8, 4) is 5.75 Å². The van der Waals surface area contributed by atoms with E-state index in [-0.39, 0.29) is 5.69 Å². The van der Waals surface area contributed by atoms with Gasteiger partial charge in [0.1, 0.15) is 5.75 Å². The third kappa shape index (κ3) is 5.40. The molecule has 0 radical (unpaired) electrons. The third-order valence-electron chi connectivity index (χ3n) is 5.59. The number of aromatic nitrogens is 2. The Hall–Kier alpha value is -2.01. The number of halogens is 5. The van der Waals surface area contributed by atoms with Gasteiger partial charge in [0.05, 0.1) is 22.8 Å². The number of alkyl halides is 3. The molecule has 1 unspecified atom stereocenters. The van der Waals surface area contributed by atoms with E-state index in [4.69, 9.17) is 27.9 Å². The zero-order chi connectivity index (χ0) is 24.5. The summed E-state index contributed by atoms with van der Waals surface area (Å²) < 4.78 is 46.1. The van der Waals surface area contributed by atoms with E-state index in [1.807, 2.05) is 31.1 Å². The molecule has 1 fully saturated rings. The number of hydrogen-bond acceptors (Lipinski definition) is 6. The van der Waals surface area contributed by atoms with E-state index in [2.05, 4.69) is 10.00 Å². The van der Waals surface area contributed by atoms with Gasteiger partial charge in [0.2, 0.25) is 0 Å². The largest absolute Gasteiger partial charge is 0.495 e. The molecular weight excluding hydrogens is 482 g/mol. The predicted molar refractivity (Wildman–Crippen MR) is 121 cm³/mol. The van der Waals surface area contributed by atoms with Crippen LogP contribution in [-0.4, -0.2) is 73.3 Å². The second kappa shape index (κ2) is 10.1. The second-order valence-corrected chi connectivity index (χ2v) is 8.90. The van der Waals surface area contributed by atoms with Gasteiger partial charge in [0.25, 0.3) is 0 Å². The standard InChI is InChI=1S/C21H26Cl2F3N5O2/c1-13-19(23)20(21(24,25)26)27-31(13)18(12-32)30-7-5-29(6-8-30)16-10-17(33-4)15(22)9-14(16)11-28(2)3/h9-10,12,18H,5-8,11H2,1-4H3. The van der Waals surface area contributed by atoms with Gasteiger partial charge in [-0.15, -0.1) is 0 Å². The van der Waals surface area contributed by atoms with E-state index >= 15 is 0 Å². The molecule has 0 bridgehead atoms. The van der Waals surface area contributed by atoms with Crippen molar-refractivity contribution in [1.29, 1.82) is 0 Å². The van der Waals surface area contributed by atoms with Crippen molar-refractivity contribution < 1.29 is 22.7 Å². The first-order chi connectivity index (χ1) is 15.5. The molecule has 182 valence electrons. The Bertz CT molecular complexity index is 1000. The van der Waals surface area contributed by atoms with Gasteiger partial charge in [0, 0.05) is 44.5 Å². The number of rotatable bonds is 7. The van der Waals surface area contributed by atoms with Crippen LogP contribution in [0.1, 0.15) is 23.1 Å². The number of nitrogens with zero attached hydrogens (tertiary/aromatic N) is 5. The molecule has 2 heterocycles. The zero-order valence-corrected chi connectivity index (χ0v) is 20.3. The van der Waals surface area contributed by atoms with Crippen LogP contribution in [0.4, 0.5) is 18.9 Å². The van der Waals surface area contributed by atoms with Crippen LogP contribution in [0.15, 0.2) is 12.1 Å². The molecule has 0 saturated carbocycles. The molecule has 3 rings (SSSR count). The fraction of sp³-hybridized carbons (Fsp3) is 0.524. The smallest absolute Gasteiger partial charge is 0.436 e. The summed E-state index contributed by atoms with van der Waals surface area (Å²) in [5, 5.41) is 3.65. The molecule has 1 aromatic carbocycles. The number of anilines is 1. The fourth-order valence-corrected chi connectivity index (χ4v) is 4.46. The van der Waals surface area contributed by atoms with Crippen molar-refractivity contribution in [2.24, 2.45) is 0 Å². The van der Waals surface area contributed by atoms with Crippen LogP contribution < -0.4 is 9.64 Å². The molecule has 33 heavy (non-hydrogen) atoms. The topological polar surface area (TPSA) is 53.8 Å². The monoisotopic (exact) mass is 507 g/mol.